The van der Waals surface area contributed by atoms with Gasteiger partial charge in [-0.05, 0) is 36.6 Å². The Kier molecular flexibility index (Phi) is 6.75. The van der Waals surface area contributed by atoms with Crippen LogP contribution in [-0.2, 0) is 0 Å². The lowest BCUT2D eigenvalue weighted by Gasteiger charge is -2.14. The molecule has 1 rings (SSSR count). The Labute approximate surface area is 121 Å². The number of aliphatic hydroxyl groups excluding tert-OH is 1. The molecule has 0 saturated heterocycles. The average molecular weight is 364 g/mol. The molecule has 3 heteroatoms. The van der Waals surface area contributed by atoms with Gasteiger partial charge in [0.1, 0.15) is 0 Å². The van der Waals surface area contributed by atoms with Crippen LogP contribution >= 0.6 is 31.9 Å². The van der Waals surface area contributed by atoms with E-state index < -0.39 is 0 Å². The van der Waals surface area contributed by atoms with Crippen molar-refractivity contribution in [3.8, 4) is 0 Å². The van der Waals surface area contributed by atoms with Crippen LogP contribution in [0.15, 0.2) is 21.1 Å². The summed E-state index contributed by atoms with van der Waals surface area (Å²) in [7, 11) is 0. The van der Waals surface area contributed by atoms with Gasteiger partial charge in [-0.15, -0.1) is 0 Å². The molecule has 0 fully saturated rings. The van der Waals surface area contributed by atoms with Gasteiger partial charge in [-0.1, -0.05) is 64.5 Å². The molecule has 0 aliphatic rings. The van der Waals surface area contributed by atoms with E-state index in [0.29, 0.717) is 0 Å². The first-order valence-electron chi connectivity index (χ1n) is 6.19. The van der Waals surface area contributed by atoms with Crippen molar-refractivity contribution in [2.24, 2.45) is 0 Å². The Morgan fingerprint density at radius 2 is 1.82 bits per heavy atom. The van der Waals surface area contributed by atoms with Crippen LogP contribution in [0.25, 0.3) is 0 Å². The Bertz CT molecular complexity index is 363. The molecule has 0 radical (unpaired) electrons. The first-order chi connectivity index (χ1) is 8.06. The summed E-state index contributed by atoms with van der Waals surface area (Å²) in [6.07, 6.45) is 5.26. The molecular formula is C14H20Br2O. The largest absolute Gasteiger partial charge is 0.388 e. The zero-order valence-corrected chi connectivity index (χ0v) is 13.6. The van der Waals surface area contributed by atoms with E-state index in [4.69, 9.17) is 0 Å². The molecule has 1 nitrogen and oxygen atoms in total. The van der Waals surface area contributed by atoms with Crippen LogP contribution in [0.5, 0.6) is 0 Å². The predicted molar refractivity (Wildman–Crippen MR) is 80.3 cm³/mol. The number of aryl methyl sites for hydroxylation is 1. The average Bonchev–Trinajstić information content (AvgIpc) is 2.29. The van der Waals surface area contributed by atoms with Crippen molar-refractivity contribution in [1.29, 1.82) is 0 Å². The summed E-state index contributed by atoms with van der Waals surface area (Å²) in [6.45, 7) is 4.25. The van der Waals surface area contributed by atoms with Crippen LogP contribution in [0.3, 0.4) is 0 Å². The van der Waals surface area contributed by atoms with Crippen LogP contribution in [-0.4, -0.2) is 5.11 Å². The van der Waals surface area contributed by atoms with Gasteiger partial charge >= 0.3 is 0 Å². The normalized spacial score (nSPS) is 12.8. The SMILES string of the molecule is CCCCCCC(O)c1cc(Br)c(C)cc1Br. The molecule has 0 heterocycles. The lowest BCUT2D eigenvalue weighted by Crippen LogP contribution is -1.99. The van der Waals surface area contributed by atoms with Gasteiger partial charge in [-0.3, -0.25) is 0 Å². The van der Waals surface area contributed by atoms with E-state index in [-0.39, 0.29) is 6.10 Å². The summed E-state index contributed by atoms with van der Waals surface area (Å²) in [6, 6.07) is 4.07. The molecule has 0 saturated carbocycles. The molecule has 0 aromatic heterocycles. The topological polar surface area (TPSA) is 20.2 Å². The fourth-order valence-corrected chi connectivity index (χ4v) is 2.92. The number of halogens is 2. The van der Waals surface area contributed by atoms with Gasteiger partial charge in [0, 0.05) is 8.95 Å². The molecule has 17 heavy (non-hydrogen) atoms. The Hall–Kier alpha value is 0.140. The summed E-state index contributed by atoms with van der Waals surface area (Å²) in [4.78, 5) is 0. The quantitative estimate of drug-likeness (QED) is 0.659. The molecular weight excluding hydrogens is 344 g/mol. The molecule has 0 spiro atoms. The van der Waals surface area contributed by atoms with Crippen molar-refractivity contribution in [1.82, 2.24) is 0 Å². The van der Waals surface area contributed by atoms with Gasteiger partial charge in [0.15, 0.2) is 0 Å². The molecule has 1 N–H and O–H groups in total. The van der Waals surface area contributed by atoms with Gasteiger partial charge in [-0.25, -0.2) is 0 Å². The first-order valence-corrected chi connectivity index (χ1v) is 7.78. The van der Waals surface area contributed by atoms with E-state index in [0.717, 1.165) is 27.4 Å². The third kappa shape index (κ3) is 4.72. The van der Waals surface area contributed by atoms with E-state index >= 15 is 0 Å². The van der Waals surface area contributed by atoms with Crippen molar-refractivity contribution < 1.29 is 5.11 Å². The Morgan fingerprint density at radius 1 is 1.12 bits per heavy atom. The number of hydrogen-bond donors (Lipinski definition) is 1. The van der Waals surface area contributed by atoms with Gasteiger partial charge in [0.25, 0.3) is 0 Å². The third-order valence-electron chi connectivity index (χ3n) is 2.97. The zero-order chi connectivity index (χ0) is 12.8. The van der Waals surface area contributed by atoms with Gasteiger partial charge in [0.05, 0.1) is 6.10 Å². The number of unbranched alkanes of at least 4 members (excludes halogenated alkanes) is 3. The summed E-state index contributed by atoms with van der Waals surface area (Å²) < 4.78 is 2.06. The monoisotopic (exact) mass is 362 g/mol. The molecule has 1 atom stereocenters. The lowest BCUT2D eigenvalue weighted by atomic mass is 10.0. The number of rotatable bonds is 6. The molecule has 96 valence electrons. The van der Waals surface area contributed by atoms with Crippen LogP contribution in [0.4, 0.5) is 0 Å². The highest BCUT2D eigenvalue weighted by molar-refractivity contribution is 9.11. The van der Waals surface area contributed by atoms with Crippen molar-refractivity contribution in [2.75, 3.05) is 0 Å². The van der Waals surface area contributed by atoms with Gasteiger partial charge in [-0.2, -0.15) is 0 Å². The van der Waals surface area contributed by atoms with E-state index in [9.17, 15) is 5.11 Å². The Balaban J connectivity index is 2.62. The molecule has 0 aliphatic carbocycles. The maximum Gasteiger partial charge on any atom is 0.0801 e. The van der Waals surface area contributed by atoms with E-state index in [1.807, 2.05) is 13.0 Å². The second-order valence-corrected chi connectivity index (χ2v) is 6.20. The molecule has 1 aromatic rings. The molecule has 0 amide bonds. The molecule has 1 unspecified atom stereocenters. The maximum absolute atomic E-state index is 10.2. The maximum atomic E-state index is 10.2. The highest BCUT2D eigenvalue weighted by Crippen LogP contribution is 2.31. The van der Waals surface area contributed by atoms with Crippen molar-refractivity contribution in [3.05, 3.63) is 32.2 Å². The Morgan fingerprint density at radius 3 is 2.47 bits per heavy atom. The van der Waals surface area contributed by atoms with Crippen LogP contribution in [0.2, 0.25) is 0 Å². The van der Waals surface area contributed by atoms with E-state index in [2.05, 4.69) is 44.8 Å². The fourth-order valence-electron chi connectivity index (χ4n) is 1.84. The zero-order valence-electron chi connectivity index (χ0n) is 10.5. The van der Waals surface area contributed by atoms with Gasteiger partial charge in [0.2, 0.25) is 0 Å². The summed E-state index contributed by atoms with van der Waals surface area (Å²) in [5.41, 5.74) is 2.16. The second-order valence-electron chi connectivity index (χ2n) is 4.49. The minimum absolute atomic E-state index is 0.363. The van der Waals surface area contributed by atoms with Crippen molar-refractivity contribution in [2.45, 2.75) is 52.1 Å². The molecule has 1 aromatic carbocycles. The van der Waals surface area contributed by atoms with Crippen LogP contribution in [0, 0.1) is 6.92 Å². The minimum atomic E-state index is -0.363. The first kappa shape index (κ1) is 15.2. The predicted octanol–water partition coefficient (Wildman–Crippen LogP) is 5.52. The molecule has 0 aliphatic heterocycles. The van der Waals surface area contributed by atoms with E-state index in [1.165, 1.54) is 24.8 Å². The number of aliphatic hydroxyl groups is 1. The fraction of sp³-hybridized carbons (Fsp3) is 0.571. The third-order valence-corrected chi connectivity index (χ3v) is 4.51. The minimum Gasteiger partial charge on any atom is -0.388 e. The van der Waals surface area contributed by atoms with Gasteiger partial charge < -0.3 is 5.11 Å². The second kappa shape index (κ2) is 7.55. The standard InChI is InChI=1S/C14H20Br2O/c1-3-4-5-6-7-14(17)11-9-12(15)10(2)8-13(11)16/h8-9,14,17H,3-7H2,1-2H3. The van der Waals surface area contributed by atoms with Crippen LogP contribution in [0.1, 0.15) is 56.3 Å². The lowest BCUT2D eigenvalue weighted by molar-refractivity contribution is 0.162. The van der Waals surface area contributed by atoms with Crippen LogP contribution < -0.4 is 0 Å². The number of benzene rings is 1. The summed E-state index contributed by atoms with van der Waals surface area (Å²) in [5.74, 6) is 0. The van der Waals surface area contributed by atoms with Crippen molar-refractivity contribution in [3.63, 3.8) is 0 Å². The molecule has 0 bridgehead atoms. The smallest absolute Gasteiger partial charge is 0.0801 e. The summed E-state index contributed by atoms with van der Waals surface area (Å²) in [5, 5.41) is 10.2. The highest BCUT2D eigenvalue weighted by Gasteiger charge is 2.12. The number of hydrogen-bond acceptors (Lipinski definition) is 1. The highest BCUT2D eigenvalue weighted by atomic mass is 79.9. The van der Waals surface area contributed by atoms with Crippen molar-refractivity contribution >= 4 is 31.9 Å². The van der Waals surface area contributed by atoms with E-state index in [1.54, 1.807) is 0 Å². The summed E-state index contributed by atoms with van der Waals surface area (Å²) >= 11 is 7.03.